The van der Waals surface area contributed by atoms with E-state index in [9.17, 15) is 13.2 Å². The topological polar surface area (TPSA) is 66.5 Å². The lowest BCUT2D eigenvalue weighted by atomic mass is 10.1. The van der Waals surface area contributed by atoms with Crippen LogP contribution in [-0.2, 0) is 15.6 Å². The molecule has 0 unspecified atom stereocenters. The summed E-state index contributed by atoms with van der Waals surface area (Å²) in [6.45, 7) is 8.06. The summed E-state index contributed by atoms with van der Waals surface area (Å²) in [5, 5.41) is 2.92. The number of amides is 1. The van der Waals surface area contributed by atoms with Gasteiger partial charge in [-0.15, -0.1) is 0 Å². The van der Waals surface area contributed by atoms with Crippen LogP contribution in [0.25, 0.3) is 0 Å². The lowest BCUT2D eigenvalue weighted by molar-refractivity contribution is 0.102. The summed E-state index contributed by atoms with van der Waals surface area (Å²) < 4.78 is 22.7. The van der Waals surface area contributed by atoms with E-state index in [4.69, 9.17) is 0 Å². The summed E-state index contributed by atoms with van der Waals surface area (Å²) >= 11 is 0. The summed E-state index contributed by atoms with van der Waals surface area (Å²) in [4.78, 5) is 14.7. The van der Waals surface area contributed by atoms with Crippen LogP contribution in [0.15, 0.2) is 42.5 Å². The lowest BCUT2D eigenvalue weighted by Gasteiger charge is -2.22. The van der Waals surface area contributed by atoms with Gasteiger partial charge in [0.1, 0.15) is 0 Å². The van der Waals surface area contributed by atoms with Gasteiger partial charge in [-0.05, 0) is 62.2 Å². The van der Waals surface area contributed by atoms with Crippen LogP contribution >= 0.6 is 0 Å². The van der Waals surface area contributed by atoms with E-state index in [1.54, 1.807) is 24.3 Å². The number of hydrogen-bond donors (Lipinski definition) is 1. The SMILES string of the molecule is CCN(CC)c1ccc(NC(=O)c2ccc(CS(C)(=O)=O)cc2)c(C)c1. The van der Waals surface area contributed by atoms with Gasteiger partial charge in [-0.1, -0.05) is 12.1 Å². The smallest absolute Gasteiger partial charge is 0.255 e. The van der Waals surface area contributed by atoms with Gasteiger partial charge in [0.25, 0.3) is 5.91 Å². The van der Waals surface area contributed by atoms with Crippen LogP contribution in [0.4, 0.5) is 11.4 Å². The van der Waals surface area contributed by atoms with E-state index in [2.05, 4.69) is 30.1 Å². The van der Waals surface area contributed by atoms with Crippen LogP contribution in [0, 0.1) is 6.92 Å². The van der Waals surface area contributed by atoms with Crippen molar-refractivity contribution in [3.63, 3.8) is 0 Å². The van der Waals surface area contributed by atoms with E-state index >= 15 is 0 Å². The van der Waals surface area contributed by atoms with Gasteiger partial charge in [0, 0.05) is 36.3 Å². The molecule has 0 spiro atoms. The molecule has 26 heavy (non-hydrogen) atoms. The minimum absolute atomic E-state index is 0.0270. The number of benzene rings is 2. The molecule has 5 nitrogen and oxygen atoms in total. The molecule has 0 aliphatic heterocycles. The Balaban J connectivity index is 2.12. The van der Waals surface area contributed by atoms with Crippen LogP contribution < -0.4 is 10.2 Å². The molecule has 140 valence electrons. The second-order valence-electron chi connectivity index (χ2n) is 6.39. The van der Waals surface area contributed by atoms with Gasteiger partial charge in [0.05, 0.1) is 5.75 Å². The first kappa shape index (κ1) is 20.0. The first-order chi connectivity index (χ1) is 12.2. The number of aryl methyl sites for hydroxylation is 1. The van der Waals surface area contributed by atoms with Crippen molar-refractivity contribution in [3.8, 4) is 0 Å². The van der Waals surface area contributed by atoms with Crippen LogP contribution in [0.5, 0.6) is 0 Å². The Bertz CT molecular complexity index is 870. The van der Waals surface area contributed by atoms with Crippen molar-refractivity contribution in [2.75, 3.05) is 29.6 Å². The Hall–Kier alpha value is -2.34. The third kappa shape index (κ3) is 5.33. The van der Waals surface area contributed by atoms with E-state index < -0.39 is 9.84 Å². The van der Waals surface area contributed by atoms with Crippen molar-refractivity contribution in [1.29, 1.82) is 0 Å². The number of sulfone groups is 1. The molecule has 2 rings (SSSR count). The largest absolute Gasteiger partial charge is 0.372 e. The Morgan fingerprint density at radius 1 is 1.04 bits per heavy atom. The van der Waals surface area contributed by atoms with Crippen molar-refractivity contribution >= 4 is 27.1 Å². The normalized spacial score (nSPS) is 11.2. The van der Waals surface area contributed by atoms with Gasteiger partial charge in [-0.2, -0.15) is 0 Å². The third-order valence-corrected chi connectivity index (χ3v) is 5.09. The summed E-state index contributed by atoms with van der Waals surface area (Å²) in [6.07, 6.45) is 1.19. The molecular weight excluding hydrogens is 348 g/mol. The van der Waals surface area contributed by atoms with E-state index in [1.807, 2.05) is 19.1 Å². The summed E-state index contributed by atoms with van der Waals surface area (Å²) in [7, 11) is -3.08. The van der Waals surface area contributed by atoms with Gasteiger partial charge in [-0.25, -0.2) is 8.42 Å². The molecule has 0 radical (unpaired) electrons. The Morgan fingerprint density at radius 3 is 2.15 bits per heavy atom. The maximum atomic E-state index is 12.5. The molecule has 2 aromatic rings. The minimum Gasteiger partial charge on any atom is -0.372 e. The number of carbonyl (C=O) groups is 1. The second kappa shape index (κ2) is 8.36. The summed E-state index contributed by atoms with van der Waals surface area (Å²) in [6, 6.07) is 12.6. The zero-order valence-electron chi connectivity index (χ0n) is 15.7. The maximum Gasteiger partial charge on any atom is 0.255 e. The Kier molecular flexibility index (Phi) is 6.42. The molecule has 0 fully saturated rings. The van der Waals surface area contributed by atoms with E-state index in [-0.39, 0.29) is 11.7 Å². The van der Waals surface area contributed by atoms with E-state index in [0.717, 1.165) is 30.0 Å². The fraction of sp³-hybridized carbons (Fsp3) is 0.350. The quantitative estimate of drug-likeness (QED) is 0.803. The zero-order chi connectivity index (χ0) is 19.3. The van der Waals surface area contributed by atoms with Crippen molar-refractivity contribution < 1.29 is 13.2 Å². The summed E-state index contributed by atoms with van der Waals surface area (Å²) in [5.41, 5.74) is 4.07. The molecule has 0 saturated carbocycles. The average molecular weight is 375 g/mol. The van der Waals surface area contributed by atoms with Crippen molar-refractivity contribution in [3.05, 3.63) is 59.2 Å². The predicted octanol–water partition coefficient (Wildman–Crippen LogP) is 3.64. The molecule has 0 heterocycles. The average Bonchev–Trinajstić information content (AvgIpc) is 2.57. The first-order valence-corrected chi connectivity index (χ1v) is 10.7. The molecule has 6 heteroatoms. The van der Waals surface area contributed by atoms with Crippen LogP contribution in [-0.4, -0.2) is 33.7 Å². The number of nitrogens with zero attached hydrogens (tertiary/aromatic N) is 1. The minimum atomic E-state index is -3.08. The van der Waals surface area contributed by atoms with Gasteiger partial charge in [0.2, 0.25) is 0 Å². The Morgan fingerprint density at radius 2 is 1.65 bits per heavy atom. The zero-order valence-corrected chi connectivity index (χ0v) is 16.6. The monoisotopic (exact) mass is 374 g/mol. The number of carbonyl (C=O) groups excluding carboxylic acids is 1. The van der Waals surface area contributed by atoms with Gasteiger partial charge in [-0.3, -0.25) is 4.79 Å². The van der Waals surface area contributed by atoms with Crippen molar-refractivity contribution in [2.24, 2.45) is 0 Å². The highest BCUT2D eigenvalue weighted by Gasteiger charge is 2.11. The molecule has 1 N–H and O–H groups in total. The second-order valence-corrected chi connectivity index (χ2v) is 8.53. The molecule has 0 aromatic heterocycles. The molecular formula is C20H26N2O3S. The number of rotatable bonds is 7. The molecule has 1 amide bonds. The first-order valence-electron chi connectivity index (χ1n) is 8.67. The van der Waals surface area contributed by atoms with Crippen molar-refractivity contribution in [2.45, 2.75) is 26.5 Å². The highest BCUT2D eigenvalue weighted by molar-refractivity contribution is 7.89. The van der Waals surface area contributed by atoms with E-state index in [0.29, 0.717) is 11.1 Å². The fourth-order valence-electron chi connectivity index (χ4n) is 2.82. The van der Waals surface area contributed by atoms with Crippen molar-refractivity contribution in [1.82, 2.24) is 0 Å². The number of anilines is 2. The lowest BCUT2D eigenvalue weighted by Crippen LogP contribution is -2.22. The standard InChI is InChI=1S/C20H26N2O3S/c1-5-22(6-2)18-11-12-19(15(3)13-18)21-20(23)17-9-7-16(8-10-17)14-26(4,24)25/h7-13H,5-6,14H2,1-4H3,(H,21,23). The summed E-state index contributed by atoms with van der Waals surface area (Å²) in [5.74, 6) is -0.240. The fourth-order valence-corrected chi connectivity index (χ4v) is 3.62. The van der Waals surface area contributed by atoms with Gasteiger partial charge >= 0.3 is 0 Å². The van der Waals surface area contributed by atoms with Gasteiger partial charge in [0.15, 0.2) is 9.84 Å². The third-order valence-electron chi connectivity index (χ3n) is 4.23. The maximum absolute atomic E-state index is 12.5. The number of hydrogen-bond acceptors (Lipinski definition) is 4. The number of nitrogens with one attached hydrogen (secondary N) is 1. The van der Waals surface area contributed by atoms with Crippen LogP contribution in [0.1, 0.15) is 35.3 Å². The molecule has 0 aliphatic carbocycles. The Labute approximate surface area is 156 Å². The van der Waals surface area contributed by atoms with Crippen LogP contribution in [0.3, 0.4) is 0 Å². The highest BCUT2D eigenvalue weighted by Crippen LogP contribution is 2.23. The van der Waals surface area contributed by atoms with Gasteiger partial charge < -0.3 is 10.2 Å². The molecule has 0 bridgehead atoms. The molecule has 0 atom stereocenters. The van der Waals surface area contributed by atoms with E-state index in [1.165, 1.54) is 6.26 Å². The predicted molar refractivity (Wildman–Crippen MR) is 108 cm³/mol. The van der Waals surface area contributed by atoms with Crippen LogP contribution in [0.2, 0.25) is 0 Å². The molecule has 0 aliphatic rings. The molecule has 0 saturated heterocycles. The highest BCUT2D eigenvalue weighted by atomic mass is 32.2. The molecule has 2 aromatic carbocycles.